The van der Waals surface area contributed by atoms with Crippen LogP contribution in [0.5, 0.6) is 0 Å². The summed E-state index contributed by atoms with van der Waals surface area (Å²) in [6, 6.07) is 12.6. The first-order valence-electron chi connectivity index (χ1n) is 6.00. The topological polar surface area (TPSA) is 71.8 Å². The largest absolute Gasteiger partial charge is 0.399 e. The maximum atomic E-state index is 12.3. The number of imidazole rings is 1. The van der Waals surface area contributed by atoms with Crippen LogP contribution in [0, 0.1) is 0 Å². The van der Waals surface area contributed by atoms with Gasteiger partial charge in [0, 0.05) is 5.69 Å². The minimum atomic E-state index is -1.23. The second-order valence-electron chi connectivity index (χ2n) is 4.38. The maximum absolute atomic E-state index is 12.3. The van der Waals surface area contributed by atoms with E-state index in [9.17, 15) is 4.21 Å². The van der Waals surface area contributed by atoms with Gasteiger partial charge in [0.1, 0.15) is 5.82 Å². The van der Waals surface area contributed by atoms with Crippen LogP contribution in [0.2, 0.25) is 5.02 Å². The summed E-state index contributed by atoms with van der Waals surface area (Å²) in [4.78, 5) is 8.15. The summed E-state index contributed by atoms with van der Waals surface area (Å²) in [7, 11) is -1.23. The molecule has 4 nitrogen and oxygen atoms in total. The van der Waals surface area contributed by atoms with Crippen molar-refractivity contribution < 1.29 is 4.21 Å². The number of aromatic nitrogens is 2. The van der Waals surface area contributed by atoms with Crippen molar-refractivity contribution in [3.8, 4) is 0 Å². The molecule has 0 bridgehead atoms. The Balaban J connectivity index is 1.89. The van der Waals surface area contributed by atoms with E-state index in [0.717, 1.165) is 11.0 Å². The molecule has 3 N–H and O–H groups in total. The number of aromatic amines is 1. The van der Waals surface area contributed by atoms with Gasteiger partial charge >= 0.3 is 0 Å². The summed E-state index contributed by atoms with van der Waals surface area (Å²) in [6.45, 7) is 0. The number of hydrogen-bond donors (Lipinski definition) is 2. The number of hydrogen-bond acceptors (Lipinski definition) is 3. The Labute approximate surface area is 123 Å². The summed E-state index contributed by atoms with van der Waals surface area (Å²) in [5.41, 5.74) is 8.04. The lowest BCUT2D eigenvalue weighted by atomic mass is 10.3. The zero-order valence-electron chi connectivity index (χ0n) is 10.5. The molecule has 0 fully saturated rings. The predicted octanol–water partition coefficient (Wildman–Crippen LogP) is 3.11. The van der Waals surface area contributed by atoms with Crippen LogP contribution in [0.25, 0.3) is 11.0 Å². The van der Waals surface area contributed by atoms with Crippen LogP contribution < -0.4 is 5.73 Å². The third-order valence-corrected chi connectivity index (χ3v) is 4.73. The SMILES string of the molecule is Nc1ccc2nc(CS(=O)c3ccccc3Cl)[nH]c2c1. The van der Waals surface area contributed by atoms with Crippen molar-refractivity contribution in [1.82, 2.24) is 9.97 Å². The van der Waals surface area contributed by atoms with Crippen LogP contribution in [0.15, 0.2) is 47.4 Å². The Bertz CT molecular complexity index is 800. The molecule has 6 heteroatoms. The molecule has 1 aromatic heterocycles. The van der Waals surface area contributed by atoms with E-state index in [0.29, 0.717) is 21.4 Å². The fourth-order valence-electron chi connectivity index (χ4n) is 1.98. The quantitative estimate of drug-likeness (QED) is 0.730. The smallest absolute Gasteiger partial charge is 0.120 e. The Morgan fingerprint density at radius 2 is 2.05 bits per heavy atom. The summed E-state index contributed by atoms with van der Waals surface area (Å²) in [6.07, 6.45) is 0. The highest BCUT2D eigenvalue weighted by atomic mass is 35.5. The minimum Gasteiger partial charge on any atom is -0.399 e. The molecule has 3 rings (SSSR count). The molecule has 1 unspecified atom stereocenters. The van der Waals surface area contributed by atoms with Crippen LogP contribution >= 0.6 is 11.6 Å². The highest BCUT2D eigenvalue weighted by Gasteiger charge is 2.11. The van der Waals surface area contributed by atoms with Crippen LogP contribution in [0.1, 0.15) is 5.82 Å². The van der Waals surface area contributed by atoms with E-state index in [1.807, 2.05) is 24.3 Å². The van der Waals surface area contributed by atoms with E-state index >= 15 is 0 Å². The van der Waals surface area contributed by atoms with Gasteiger partial charge in [0.05, 0.1) is 37.5 Å². The highest BCUT2D eigenvalue weighted by molar-refractivity contribution is 7.84. The minimum absolute atomic E-state index is 0.290. The Hall–Kier alpha value is -1.85. The number of nitrogen functional groups attached to an aromatic ring is 1. The van der Waals surface area contributed by atoms with Gasteiger partial charge in [0.2, 0.25) is 0 Å². The molecular weight excluding hydrogens is 294 g/mol. The predicted molar refractivity (Wildman–Crippen MR) is 82.1 cm³/mol. The fourth-order valence-corrected chi connectivity index (χ4v) is 3.43. The summed E-state index contributed by atoms with van der Waals surface area (Å²) in [5.74, 6) is 0.946. The first kappa shape index (κ1) is 13.1. The number of halogens is 1. The van der Waals surface area contributed by atoms with Crippen molar-refractivity contribution >= 4 is 39.1 Å². The molecule has 0 spiro atoms. The third-order valence-electron chi connectivity index (χ3n) is 2.90. The van der Waals surface area contributed by atoms with E-state index in [1.165, 1.54) is 0 Å². The molecule has 1 heterocycles. The van der Waals surface area contributed by atoms with Gasteiger partial charge in [-0.1, -0.05) is 23.7 Å². The number of nitrogens with two attached hydrogens (primary N) is 1. The molecule has 0 saturated carbocycles. The molecule has 0 aliphatic rings. The average Bonchev–Trinajstić information content (AvgIpc) is 2.80. The molecular formula is C14H12ClN3OS. The van der Waals surface area contributed by atoms with Gasteiger partial charge in [-0.2, -0.15) is 0 Å². The van der Waals surface area contributed by atoms with Crippen LogP contribution in [-0.2, 0) is 16.6 Å². The lowest BCUT2D eigenvalue weighted by molar-refractivity contribution is 0.681. The first-order valence-corrected chi connectivity index (χ1v) is 7.70. The second-order valence-corrected chi connectivity index (χ2v) is 6.21. The lowest BCUT2D eigenvalue weighted by Gasteiger charge is -2.02. The summed E-state index contributed by atoms with van der Waals surface area (Å²) < 4.78 is 12.3. The third kappa shape index (κ3) is 2.55. The Kier molecular flexibility index (Phi) is 3.46. The number of nitrogens with one attached hydrogen (secondary N) is 1. The van der Waals surface area contributed by atoms with Gasteiger partial charge in [0.25, 0.3) is 0 Å². The van der Waals surface area contributed by atoms with E-state index in [-0.39, 0.29) is 5.75 Å². The van der Waals surface area contributed by atoms with Crippen molar-refractivity contribution in [2.75, 3.05) is 5.73 Å². The summed E-state index contributed by atoms with van der Waals surface area (Å²) >= 11 is 6.04. The molecule has 0 amide bonds. The van der Waals surface area contributed by atoms with Crippen LogP contribution in [0.4, 0.5) is 5.69 Å². The van der Waals surface area contributed by atoms with Crippen molar-refractivity contribution in [2.45, 2.75) is 10.6 Å². The van der Waals surface area contributed by atoms with Gasteiger partial charge in [-0.25, -0.2) is 4.98 Å². The van der Waals surface area contributed by atoms with Gasteiger partial charge < -0.3 is 10.7 Å². The molecule has 0 aliphatic heterocycles. The van der Waals surface area contributed by atoms with Crippen molar-refractivity contribution in [2.24, 2.45) is 0 Å². The van der Waals surface area contributed by atoms with Crippen LogP contribution in [-0.4, -0.2) is 14.2 Å². The molecule has 0 saturated heterocycles. The van der Waals surface area contributed by atoms with Gasteiger partial charge in [-0.05, 0) is 30.3 Å². The molecule has 0 aliphatic carbocycles. The number of nitrogens with zero attached hydrogens (tertiary/aromatic N) is 1. The maximum Gasteiger partial charge on any atom is 0.120 e. The number of rotatable bonds is 3. The van der Waals surface area contributed by atoms with E-state index in [2.05, 4.69) is 9.97 Å². The zero-order chi connectivity index (χ0) is 14.1. The molecule has 0 radical (unpaired) electrons. The van der Waals surface area contributed by atoms with E-state index in [4.69, 9.17) is 17.3 Å². The molecule has 102 valence electrons. The van der Waals surface area contributed by atoms with Crippen molar-refractivity contribution in [3.05, 3.63) is 53.3 Å². The lowest BCUT2D eigenvalue weighted by Crippen LogP contribution is -1.98. The molecule has 20 heavy (non-hydrogen) atoms. The standard InChI is InChI=1S/C14H12ClN3OS/c15-10-3-1-2-4-13(10)20(19)8-14-17-11-6-5-9(16)7-12(11)18-14/h1-7H,8,16H2,(H,17,18). The van der Waals surface area contributed by atoms with Crippen LogP contribution in [0.3, 0.4) is 0 Å². The first-order chi connectivity index (χ1) is 9.63. The number of fused-ring (bicyclic) bond motifs is 1. The Morgan fingerprint density at radius 3 is 2.85 bits per heavy atom. The number of anilines is 1. The second kappa shape index (κ2) is 5.26. The van der Waals surface area contributed by atoms with Gasteiger partial charge in [-0.15, -0.1) is 0 Å². The highest BCUT2D eigenvalue weighted by Crippen LogP contribution is 2.22. The van der Waals surface area contributed by atoms with E-state index in [1.54, 1.807) is 18.2 Å². The van der Waals surface area contributed by atoms with Crippen molar-refractivity contribution in [1.29, 1.82) is 0 Å². The molecule has 3 aromatic rings. The average molecular weight is 306 g/mol. The number of H-pyrrole nitrogens is 1. The monoisotopic (exact) mass is 305 g/mol. The molecule has 1 atom stereocenters. The number of benzene rings is 2. The Morgan fingerprint density at radius 1 is 1.25 bits per heavy atom. The molecule has 2 aromatic carbocycles. The van der Waals surface area contributed by atoms with Gasteiger partial charge in [-0.3, -0.25) is 4.21 Å². The van der Waals surface area contributed by atoms with Gasteiger partial charge in [0.15, 0.2) is 0 Å². The van der Waals surface area contributed by atoms with E-state index < -0.39 is 10.8 Å². The summed E-state index contributed by atoms with van der Waals surface area (Å²) in [5, 5.41) is 0.506. The normalized spacial score (nSPS) is 12.7. The zero-order valence-corrected chi connectivity index (χ0v) is 12.0. The fraction of sp³-hybridized carbons (Fsp3) is 0.0714. The van der Waals surface area contributed by atoms with Crippen molar-refractivity contribution in [3.63, 3.8) is 0 Å².